The Kier molecular flexibility index (Phi) is 7.86. The normalized spacial score (nSPS) is 13.3. The van der Waals surface area contributed by atoms with Crippen molar-refractivity contribution >= 4 is 21.6 Å². The third-order valence-corrected chi connectivity index (χ3v) is 5.34. The molecule has 2 aromatic carbocycles. The Morgan fingerprint density at radius 3 is 2.47 bits per heavy atom. The molecule has 30 heavy (non-hydrogen) atoms. The first kappa shape index (κ1) is 23.3. The Balaban J connectivity index is 1.93. The summed E-state index contributed by atoms with van der Waals surface area (Å²) in [6.07, 6.45) is -3.03. The van der Waals surface area contributed by atoms with Crippen molar-refractivity contribution in [2.75, 3.05) is 12.8 Å². The molecule has 11 heteroatoms. The highest BCUT2D eigenvalue weighted by Crippen LogP contribution is 2.30. The van der Waals surface area contributed by atoms with Crippen molar-refractivity contribution in [2.45, 2.75) is 30.1 Å². The number of aliphatic hydroxyl groups is 2. The number of hydrogen-bond donors (Lipinski definition) is 3. The molecule has 2 atom stereocenters. The van der Waals surface area contributed by atoms with Gasteiger partial charge in [0.15, 0.2) is 9.84 Å². The van der Waals surface area contributed by atoms with Crippen molar-refractivity contribution < 1.29 is 33.1 Å². The van der Waals surface area contributed by atoms with Crippen LogP contribution in [0.2, 0.25) is 0 Å². The number of carbonyl (C=O) groups excluding carboxylic acids is 1. The summed E-state index contributed by atoms with van der Waals surface area (Å²) in [6.45, 7) is 0.0117. The van der Waals surface area contributed by atoms with Crippen molar-refractivity contribution in [3.05, 3.63) is 69.8 Å². The van der Waals surface area contributed by atoms with Gasteiger partial charge in [0.1, 0.15) is 12.7 Å². The minimum atomic E-state index is -3.68. The number of aliphatic hydroxyl groups excluding tert-OH is 2. The monoisotopic (exact) mass is 438 g/mol. The Morgan fingerprint density at radius 2 is 1.87 bits per heavy atom. The van der Waals surface area contributed by atoms with Gasteiger partial charge in [0.2, 0.25) is 0 Å². The molecule has 0 aliphatic carbocycles. The Bertz CT molecular complexity index is 995. The van der Waals surface area contributed by atoms with Gasteiger partial charge < -0.3 is 20.3 Å². The lowest BCUT2D eigenvalue weighted by Gasteiger charge is -2.18. The fourth-order valence-corrected chi connectivity index (χ4v) is 3.26. The molecule has 3 N–H and O–H groups in total. The molecule has 2 unspecified atom stereocenters. The SMILES string of the molecule is CS(=O)(=O)c1ccc(C(O)C(O)CCNC(=O)OCc2ccccc2)c([N+](=O)[O-])c1. The molecule has 0 bridgehead atoms. The smallest absolute Gasteiger partial charge is 0.407 e. The van der Waals surface area contributed by atoms with Crippen LogP contribution in [-0.2, 0) is 21.2 Å². The second kappa shape index (κ2) is 10.1. The van der Waals surface area contributed by atoms with Crippen LogP contribution < -0.4 is 5.32 Å². The first-order valence-electron chi connectivity index (χ1n) is 8.88. The lowest BCUT2D eigenvalue weighted by atomic mass is 10.0. The summed E-state index contributed by atoms with van der Waals surface area (Å²) in [5, 5.41) is 34.1. The van der Waals surface area contributed by atoms with E-state index >= 15 is 0 Å². The maximum Gasteiger partial charge on any atom is 0.407 e. The zero-order valence-corrected chi connectivity index (χ0v) is 16.9. The second-order valence-corrected chi connectivity index (χ2v) is 8.56. The number of nitro benzene ring substituents is 1. The van der Waals surface area contributed by atoms with E-state index in [2.05, 4.69) is 5.32 Å². The van der Waals surface area contributed by atoms with E-state index in [0.29, 0.717) is 0 Å². The molecule has 0 saturated heterocycles. The summed E-state index contributed by atoms with van der Waals surface area (Å²) in [6, 6.07) is 12.0. The number of nitrogens with one attached hydrogen (secondary N) is 1. The number of carbonyl (C=O) groups is 1. The number of nitro groups is 1. The van der Waals surface area contributed by atoms with Crippen molar-refractivity contribution in [3.63, 3.8) is 0 Å². The summed E-state index contributed by atoms with van der Waals surface area (Å²) in [5.41, 5.74) is -0.0563. The van der Waals surface area contributed by atoms with Crippen LogP contribution in [0.1, 0.15) is 23.7 Å². The molecule has 0 heterocycles. The molecule has 0 fully saturated rings. The highest BCUT2D eigenvalue weighted by Gasteiger charge is 2.28. The van der Waals surface area contributed by atoms with Crippen LogP contribution in [0.15, 0.2) is 53.4 Å². The third kappa shape index (κ3) is 6.51. The van der Waals surface area contributed by atoms with Gasteiger partial charge in [-0.15, -0.1) is 0 Å². The maximum atomic E-state index is 11.7. The fraction of sp³-hybridized carbons (Fsp3) is 0.316. The molecule has 10 nitrogen and oxygen atoms in total. The zero-order valence-electron chi connectivity index (χ0n) is 16.1. The molecule has 0 radical (unpaired) electrons. The lowest BCUT2D eigenvalue weighted by molar-refractivity contribution is -0.386. The summed E-state index contributed by atoms with van der Waals surface area (Å²) >= 11 is 0. The van der Waals surface area contributed by atoms with Crippen molar-refractivity contribution in [2.24, 2.45) is 0 Å². The summed E-state index contributed by atoms with van der Waals surface area (Å²) < 4.78 is 28.2. The molecule has 162 valence electrons. The number of sulfone groups is 1. The van der Waals surface area contributed by atoms with E-state index in [9.17, 15) is 33.5 Å². The number of ether oxygens (including phenoxy) is 1. The van der Waals surface area contributed by atoms with Crippen LogP contribution in [0, 0.1) is 10.1 Å². The van der Waals surface area contributed by atoms with Gasteiger partial charge in [0, 0.05) is 18.9 Å². The minimum absolute atomic E-state index is 0.0545. The van der Waals surface area contributed by atoms with Gasteiger partial charge in [-0.1, -0.05) is 30.3 Å². The fourth-order valence-electron chi connectivity index (χ4n) is 2.62. The summed E-state index contributed by atoms with van der Waals surface area (Å²) in [7, 11) is -3.68. The first-order valence-corrected chi connectivity index (χ1v) is 10.8. The van der Waals surface area contributed by atoms with Crippen molar-refractivity contribution in [1.82, 2.24) is 5.32 Å². The standard InChI is InChI=1S/C19H22N2O8S/c1-30(27,28)14-7-8-15(16(11-14)21(25)26)18(23)17(22)9-10-20-19(24)29-12-13-5-3-2-4-6-13/h2-8,11,17-18,22-23H,9-10,12H2,1H3,(H,20,24). The van der Waals surface area contributed by atoms with E-state index in [0.717, 1.165) is 30.0 Å². The molecule has 0 aliphatic heterocycles. The van der Waals surface area contributed by atoms with Gasteiger partial charge >= 0.3 is 6.09 Å². The average Bonchev–Trinajstić information content (AvgIpc) is 2.71. The lowest BCUT2D eigenvalue weighted by Crippen LogP contribution is -2.30. The molecule has 1 amide bonds. The molecule has 0 aliphatic rings. The largest absolute Gasteiger partial charge is 0.445 e. The van der Waals surface area contributed by atoms with Gasteiger partial charge in [-0.25, -0.2) is 13.2 Å². The van der Waals surface area contributed by atoms with Crippen molar-refractivity contribution in [1.29, 1.82) is 0 Å². The highest BCUT2D eigenvalue weighted by molar-refractivity contribution is 7.90. The zero-order chi connectivity index (χ0) is 22.3. The Morgan fingerprint density at radius 1 is 1.20 bits per heavy atom. The van der Waals surface area contributed by atoms with E-state index in [1.54, 1.807) is 24.3 Å². The van der Waals surface area contributed by atoms with E-state index in [1.165, 1.54) is 0 Å². The van der Waals surface area contributed by atoms with Crippen LogP contribution in [0.4, 0.5) is 10.5 Å². The number of rotatable bonds is 9. The Labute approximate surface area is 173 Å². The van der Waals surface area contributed by atoms with E-state index in [4.69, 9.17) is 4.74 Å². The molecule has 2 rings (SSSR count). The van der Waals surface area contributed by atoms with Crippen molar-refractivity contribution in [3.8, 4) is 0 Å². The van der Waals surface area contributed by atoms with Gasteiger partial charge in [0.05, 0.1) is 21.5 Å². The topological polar surface area (TPSA) is 156 Å². The number of hydrogen-bond acceptors (Lipinski definition) is 8. The summed E-state index contributed by atoms with van der Waals surface area (Å²) in [4.78, 5) is 21.8. The average molecular weight is 438 g/mol. The number of alkyl carbamates (subject to hydrolysis) is 1. The van der Waals surface area contributed by atoms with E-state index < -0.39 is 38.7 Å². The van der Waals surface area contributed by atoms with Gasteiger partial charge in [-0.2, -0.15) is 0 Å². The third-order valence-electron chi connectivity index (χ3n) is 4.23. The highest BCUT2D eigenvalue weighted by atomic mass is 32.2. The maximum absolute atomic E-state index is 11.7. The molecule has 0 spiro atoms. The second-order valence-electron chi connectivity index (χ2n) is 6.54. The number of amides is 1. The van der Waals surface area contributed by atoms with Crippen LogP contribution in [0.3, 0.4) is 0 Å². The number of nitrogens with zero attached hydrogens (tertiary/aromatic N) is 1. The molecule has 2 aromatic rings. The van der Waals surface area contributed by atoms with Gasteiger partial charge in [-0.05, 0) is 24.1 Å². The van der Waals surface area contributed by atoms with Crippen LogP contribution in [0.5, 0.6) is 0 Å². The first-order chi connectivity index (χ1) is 14.1. The van der Waals surface area contributed by atoms with Gasteiger partial charge in [-0.3, -0.25) is 10.1 Å². The minimum Gasteiger partial charge on any atom is -0.445 e. The van der Waals surface area contributed by atoms with Gasteiger partial charge in [0.25, 0.3) is 5.69 Å². The summed E-state index contributed by atoms with van der Waals surface area (Å²) in [5.74, 6) is 0. The van der Waals surface area contributed by atoms with Crippen LogP contribution in [-0.4, -0.2) is 48.6 Å². The quantitative estimate of drug-likeness (QED) is 0.394. The number of benzene rings is 2. The molecule has 0 aromatic heterocycles. The van der Waals surface area contributed by atoms with E-state index in [1.807, 2.05) is 6.07 Å². The Hall–Kier alpha value is -3.02. The predicted octanol–water partition coefficient (Wildman–Crippen LogP) is 1.71. The molecular weight excluding hydrogens is 416 g/mol. The predicted molar refractivity (Wildman–Crippen MR) is 106 cm³/mol. The molecular formula is C19H22N2O8S. The van der Waals surface area contributed by atoms with Crippen LogP contribution in [0.25, 0.3) is 0 Å². The van der Waals surface area contributed by atoms with E-state index in [-0.39, 0.29) is 30.0 Å². The van der Waals surface area contributed by atoms with Crippen LogP contribution >= 0.6 is 0 Å². The molecule has 0 saturated carbocycles.